The Balaban J connectivity index is 1.80. The van der Waals surface area contributed by atoms with Gasteiger partial charge in [0.1, 0.15) is 22.8 Å². The third-order valence-electron chi connectivity index (χ3n) is 4.96. The van der Waals surface area contributed by atoms with E-state index in [1.807, 2.05) is 54.8 Å². The lowest BCUT2D eigenvalue weighted by molar-refractivity contribution is 0.616. The summed E-state index contributed by atoms with van der Waals surface area (Å²) < 4.78 is 7.12. The van der Waals surface area contributed by atoms with E-state index in [0.717, 1.165) is 10.5 Å². The lowest BCUT2D eigenvalue weighted by Crippen LogP contribution is -2.19. The van der Waals surface area contributed by atoms with Crippen molar-refractivity contribution in [3.63, 3.8) is 0 Å². The first kappa shape index (κ1) is 18.2. The maximum absolute atomic E-state index is 13.4. The summed E-state index contributed by atoms with van der Waals surface area (Å²) in [7, 11) is 0. The molecule has 0 saturated carbocycles. The Kier molecular flexibility index (Phi) is 4.19. The molecule has 5 rings (SSSR count). The monoisotopic (exact) mass is 413 g/mol. The van der Waals surface area contributed by atoms with Crippen molar-refractivity contribution in [2.45, 2.75) is 11.8 Å². The number of hydrogen-bond acceptors (Lipinski definition) is 6. The average Bonchev–Trinajstić information content (AvgIpc) is 3.35. The Labute approximate surface area is 175 Å². The molecule has 0 spiro atoms. The molecule has 7 nitrogen and oxygen atoms in total. The zero-order valence-corrected chi connectivity index (χ0v) is 16.9. The summed E-state index contributed by atoms with van der Waals surface area (Å²) in [6.07, 6.45) is 1.96. The second-order valence-corrected chi connectivity index (χ2v) is 7.57. The summed E-state index contributed by atoms with van der Waals surface area (Å²) in [5.41, 5.74) is 3.84. The van der Waals surface area contributed by atoms with Crippen molar-refractivity contribution in [2.75, 3.05) is 6.26 Å². The maximum Gasteiger partial charge on any atom is 0.287 e. The Morgan fingerprint density at radius 2 is 1.93 bits per heavy atom. The molecule has 3 aromatic heterocycles. The maximum atomic E-state index is 13.4. The predicted octanol–water partition coefficient (Wildman–Crippen LogP) is 4.40. The van der Waals surface area contributed by atoms with Crippen molar-refractivity contribution in [1.82, 2.24) is 19.6 Å². The largest absolute Gasteiger partial charge is 0.436 e. The summed E-state index contributed by atoms with van der Waals surface area (Å²) in [6, 6.07) is 17.2. The number of benzene rings is 2. The lowest BCUT2D eigenvalue weighted by atomic mass is 10.1. The van der Waals surface area contributed by atoms with Gasteiger partial charge in [0.2, 0.25) is 5.89 Å². The highest BCUT2D eigenvalue weighted by Gasteiger charge is 2.23. The van der Waals surface area contributed by atoms with Gasteiger partial charge < -0.3 is 9.40 Å². The number of aryl methyl sites for hydroxylation is 1. The molecule has 2 aromatic carbocycles. The van der Waals surface area contributed by atoms with E-state index < -0.39 is 5.56 Å². The molecule has 0 aliphatic rings. The molecule has 8 heteroatoms. The van der Waals surface area contributed by atoms with Crippen molar-refractivity contribution in [3.8, 4) is 28.7 Å². The molecule has 0 fully saturated rings. The molecule has 0 atom stereocenters. The fraction of sp³-hybridized carbons (Fsp3) is 0.0909. The highest BCUT2D eigenvalue weighted by molar-refractivity contribution is 7.98. The van der Waals surface area contributed by atoms with Crippen LogP contribution in [0.5, 0.6) is 0 Å². The van der Waals surface area contributed by atoms with Crippen molar-refractivity contribution in [1.29, 1.82) is 5.26 Å². The van der Waals surface area contributed by atoms with E-state index in [1.54, 1.807) is 18.7 Å². The van der Waals surface area contributed by atoms with Crippen molar-refractivity contribution in [3.05, 3.63) is 70.3 Å². The predicted molar refractivity (Wildman–Crippen MR) is 115 cm³/mol. The smallest absolute Gasteiger partial charge is 0.287 e. The standard InChI is InChI=1S/C22H15N5O2S/c1-12-17(21-25-19-15(29-21)9-6-10-16(19)30-2)22(28)27-20(24-12)18(14(11-23)26-27)13-7-4-3-5-8-13/h3-10,24H,1-2H3. The average molecular weight is 413 g/mol. The molecule has 3 heterocycles. The number of aromatic amines is 1. The summed E-state index contributed by atoms with van der Waals surface area (Å²) in [4.78, 5) is 22.1. The van der Waals surface area contributed by atoms with E-state index in [1.165, 1.54) is 4.52 Å². The summed E-state index contributed by atoms with van der Waals surface area (Å²) in [5, 5.41) is 13.9. The van der Waals surface area contributed by atoms with Crippen LogP contribution < -0.4 is 5.56 Å². The number of aromatic nitrogens is 4. The van der Waals surface area contributed by atoms with E-state index in [0.29, 0.717) is 28.0 Å². The minimum absolute atomic E-state index is 0.174. The number of fused-ring (bicyclic) bond motifs is 2. The number of rotatable bonds is 3. The summed E-state index contributed by atoms with van der Waals surface area (Å²) >= 11 is 1.56. The van der Waals surface area contributed by atoms with Gasteiger partial charge in [-0.2, -0.15) is 14.9 Å². The van der Waals surface area contributed by atoms with Crippen LogP contribution in [0, 0.1) is 18.3 Å². The van der Waals surface area contributed by atoms with Gasteiger partial charge in [-0.05, 0) is 30.9 Å². The summed E-state index contributed by atoms with van der Waals surface area (Å²) in [6.45, 7) is 1.79. The van der Waals surface area contributed by atoms with Gasteiger partial charge in [-0.15, -0.1) is 11.8 Å². The molecule has 5 aromatic rings. The van der Waals surface area contributed by atoms with Crippen molar-refractivity contribution >= 4 is 28.5 Å². The Morgan fingerprint density at radius 3 is 2.67 bits per heavy atom. The second kappa shape index (κ2) is 6.90. The van der Waals surface area contributed by atoms with Gasteiger partial charge in [0.15, 0.2) is 11.3 Å². The topological polar surface area (TPSA) is 100.0 Å². The van der Waals surface area contributed by atoms with Crippen LogP contribution >= 0.6 is 11.8 Å². The number of nitrogens with zero attached hydrogens (tertiary/aromatic N) is 4. The highest BCUT2D eigenvalue weighted by Crippen LogP contribution is 2.31. The van der Waals surface area contributed by atoms with E-state index >= 15 is 0 Å². The molecule has 0 unspecified atom stereocenters. The zero-order chi connectivity index (χ0) is 20.8. The van der Waals surface area contributed by atoms with Crippen LogP contribution in [0.15, 0.2) is 62.6 Å². The fourth-order valence-corrected chi connectivity index (χ4v) is 4.14. The van der Waals surface area contributed by atoms with Gasteiger partial charge >= 0.3 is 0 Å². The van der Waals surface area contributed by atoms with E-state index in [2.05, 4.69) is 21.1 Å². The number of thioether (sulfide) groups is 1. The molecule has 0 aliphatic carbocycles. The normalized spacial score (nSPS) is 11.2. The number of hydrogen-bond donors (Lipinski definition) is 1. The van der Waals surface area contributed by atoms with E-state index in [4.69, 9.17) is 4.42 Å². The first-order valence-electron chi connectivity index (χ1n) is 9.17. The first-order chi connectivity index (χ1) is 14.6. The molecule has 1 N–H and O–H groups in total. The van der Waals surface area contributed by atoms with Gasteiger partial charge in [0.25, 0.3) is 5.56 Å². The SMILES string of the molecule is CSc1cccc2oc(-c3c(C)[nH]c4c(-c5ccccc5)c(C#N)nn4c3=O)nc12. The van der Waals surface area contributed by atoms with Crippen LogP contribution in [-0.2, 0) is 0 Å². The fourth-order valence-electron chi connectivity index (χ4n) is 3.59. The Hall–Kier alpha value is -3.83. The van der Waals surface area contributed by atoms with Crippen molar-refractivity contribution < 1.29 is 4.42 Å². The summed E-state index contributed by atoms with van der Waals surface area (Å²) in [5.74, 6) is 0.224. The molecule has 0 saturated heterocycles. The van der Waals surface area contributed by atoms with Gasteiger partial charge in [0, 0.05) is 10.6 Å². The van der Waals surface area contributed by atoms with Gasteiger partial charge in [-0.1, -0.05) is 36.4 Å². The molecule has 0 radical (unpaired) electrons. The molecule has 0 bridgehead atoms. The second-order valence-electron chi connectivity index (χ2n) is 6.72. The number of para-hydroxylation sites is 1. The van der Waals surface area contributed by atoms with Gasteiger partial charge in [-0.3, -0.25) is 4.79 Å². The number of nitriles is 1. The Morgan fingerprint density at radius 1 is 1.13 bits per heavy atom. The molecule has 0 amide bonds. The van der Waals surface area contributed by atoms with E-state index in [-0.39, 0.29) is 17.1 Å². The van der Waals surface area contributed by atoms with Gasteiger partial charge in [0.05, 0.1) is 5.56 Å². The quantitative estimate of drug-likeness (QED) is 0.440. The number of oxazole rings is 1. The molecule has 30 heavy (non-hydrogen) atoms. The zero-order valence-electron chi connectivity index (χ0n) is 16.1. The highest BCUT2D eigenvalue weighted by atomic mass is 32.2. The van der Waals surface area contributed by atoms with Crippen LogP contribution in [-0.4, -0.2) is 25.8 Å². The third-order valence-corrected chi connectivity index (χ3v) is 5.73. The van der Waals surface area contributed by atoms with Crippen LogP contribution in [0.4, 0.5) is 0 Å². The third kappa shape index (κ3) is 2.64. The molecular weight excluding hydrogens is 398 g/mol. The van der Waals surface area contributed by atoms with E-state index in [9.17, 15) is 10.1 Å². The van der Waals surface area contributed by atoms with Gasteiger partial charge in [-0.25, -0.2) is 4.98 Å². The molecule has 0 aliphatic heterocycles. The van der Waals surface area contributed by atoms with Crippen LogP contribution in [0.2, 0.25) is 0 Å². The minimum atomic E-state index is -0.391. The first-order valence-corrected chi connectivity index (χ1v) is 10.4. The Bertz CT molecular complexity index is 1520. The van der Waals surface area contributed by atoms with Crippen LogP contribution in [0.25, 0.3) is 39.3 Å². The molecular formula is C22H15N5O2S. The number of nitrogens with one attached hydrogen (secondary N) is 1. The molecule has 146 valence electrons. The minimum Gasteiger partial charge on any atom is -0.436 e. The van der Waals surface area contributed by atoms with Crippen LogP contribution in [0.3, 0.4) is 0 Å². The number of H-pyrrole nitrogens is 1. The lowest BCUT2D eigenvalue weighted by Gasteiger charge is -2.05. The van der Waals surface area contributed by atoms with Crippen LogP contribution in [0.1, 0.15) is 11.4 Å². The van der Waals surface area contributed by atoms with Crippen molar-refractivity contribution in [2.24, 2.45) is 0 Å².